The number of nitrogens with zero attached hydrogens (tertiary/aromatic N) is 2. The van der Waals surface area contributed by atoms with Crippen LogP contribution in [0.2, 0.25) is 0 Å². The van der Waals surface area contributed by atoms with E-state index in [4.69, 9.17) is 0 Å². The molecule has 0 amide bonds. The Bertz CT molecular complexity index is 949. The van der Waals surface area contributed by atoms with Crippen molar-refractivity contribution in [1.82, 2.24) is 10.2 Å². The van der Waals surface area contributed by atoms with Gasteiger partial charge in [0.05, 0.1) is 22.3 Å². The molecule has 126 valence electrons. The number of hydrogen-bond acceptors (Lipinski definition) is 3. The molecule has 0 radical (unpaired) electrons. The third-order valence-electron chi connectivity index (χ3n) is 3.65. The summed E-state index contributed by atoms with van der Waals surface area (Å²) in [7, 11) is -3.76. The smallest absolute Gasteiger partial charge is 0.264 e. The van der Waals surface area contributed by atoms with E-state index in [1.165, 1.54) is 28.6 Å². The lowest BCUT2D eigenvalue weighted by atomic mass is 10.2. The molecule has 0 fully saturated rings. The molecule has 7 heteroatoms. The van der Waals surface area contributed by atoms with Crippen LogP contribution in [0.15, 0.2) is 53.6 Å². The minimum absolute atomic E-state index is 0.113. The summed E-state index contributed by atoms with van der Waals surface area (Å²) < 4.78 is 40.8. The molecule has 0 aliphatic heterocycles. The largest absolute Gasteiger partial charge is 0.278 e. The van der Waals surface area contributed by atoms with E-state index in [0.29, 0.717) is 12.2 Å². The molecule has 0 atom stereocenters. The fraction of sp³-hybridized carbons (Fsp3) is 0.235. The van der Waals surface area contributed by atoms with Crippen LogP contribution < -0.4 is 4.31 Å². The summed E-state index contributed by atoms with van der Waals surface area (Å²) >= 11 is 0. The molecule has 1 N–H and O–H groups in total. The van der Waals surface area contributed by atoms with Crippen molar-refractivity contribution < 1.29 is 12.8 Å². The normalized spacial score (nSPS) is 12.0. The Morgan fingerprint density at radius 3 is 2.54 bits per heavy atom. The highest BCUT2D eigenvalue weighted by Gasteiger charge is 2.26. The monoisotopic (exact) mass is 347 g/mol. The average Bonchev–Trinajstić information content (AvgIpc) is 3.01. The number of halogens is 1. The maximum atomic E-state index is 13.2. The quantitative estimate of drug-likeness (QED) is 0.767. The van der Waals surface area contributed by atoms with E-state index in [2.05, 4.69) is 10.2 Å². The van der Waals surface area contributed by atoms with Gasteiger partial charge in [-0.2, -0.15) is 5.10 Å². The number of aromatic amines is 1. The lowest BCUT2D eigenvalue weighted by molar-refractivity contribution is 0.577. The van der Waals surface area contributed by atoms with Gasteiger partial charge in [-0.25, -0.2) is 12.8 Å². The van der Waals surface area contributed by atoms with Crippen LogP contribution in [-0.2, 0) is 10.0 Å². The fourth-order valence-electron chi connectivity index (χ4n) is 2.49. The van der Waals surface area contributed by atoms with Gasteiger partial charge in [0.2, 0.25) is 0 Å². The number of H-pyrrole nitrogens is 1. The van der Waals surface area contributed by atoms with Crippen LogP contribution in [0.25, 0.3) is 10.9 Å². The Kier molecular flexibility index (Phi) is 4.28. The summed E-state index contributed by atoms with van der Waals surface area (Å²) in [5.74, 6) is -0.289. The van der Waals surface area contributed by atoms with Crippen molar-refractivity contribution in [3.8, 4) is 0 Å². The molecule has 1 aromatic heterocycles. The number of hydrogen-bond donors (Lipinski definition) is 1. The molecule has 0 saturated heterocycles. The second kappa shape index (κ2) is 6.24. The molecule has 3 rings (SSSR count). The van der Waals surface area contributed by atoms with Crippen LogP contribution in [0.1, 0.15) is 13.8 Å². The van der Waals surface area contributed by atoms with Gasteiger partial charge in [0, 0.05) is 11.9 Å². The standard InChI is InChI=1S/C17H18FN3O2S/c1-12(2)11-21(15-5-3-14(18)4-6-15)24(22,23)16-7-8-17-13(9-16)10-19-20-17/h3-10,12H,11H2,1-2H3,(H,19,20). The van der Waals surface area contributed by atoms with E-state index in [-0.39, 0.29) is 10.8 Å². The maximum Gasteiger partial charge on any atom is 0.264 e. The highest BCUT2D eigenvalue weighted by atomic mass is 32.2. The number of sulfonamides is 1. The first-order valence-corrected chi connectivity index (χ1v) is 9.03. The topological polar surface area (TPSA) is 66.1 Å². The summed E-state index contributed by atoms with van der Waals surface area (Å²) in [6.45, 7) is 4.17. The predicted molar refractivity (Wildman–Crippen MR) is 91.9 cm³/mol. The van der Waals surface area contributed by atoms with Crippen molar-refractivity contribution in [3.05, 3.63) is 54.5 Å². The Labute approximate surface area is 140 Å². The van der Waals surface area contributed by atoms with Gasteiger partial charge in [-0.1, -0.05) is 13.8 Å². The van der Waals surface area contributed by atoms with E-state index < -0.39 is 15.8 Å². The second-order valence-corrected chi connectivity index (χ2v) is 7.89. The van der Waals surface area contributed by atoms with Gasteiger partial charge in [0.25, 0.3) is 10.0 Å². The number of anilines is 1. The Balaban J connectivity index is 2.08. The first-order valence-electron chi connectivity index (χ1n) is 7.59. The first-order chi connectivity index (χ1) is 11.4. The maximum absolute atomic E-state index is 13.2. The first kappa shape index (κ1) is 16.4. The zero-order valence-electron chi connectivity index (χ0n) is 13.4. The molecule has 0 aliphatic rings. The van der Waals surface area contributed by atoms with Gasteiger partial charge in [0.1, 0.15) is 5.82 Å². The molecule has 1 heterocycles. The van der Waals surface area contributed by atoms with E-state index in [1.54, 1.807) is 24.4 Å². The number of fused-ring (bicyclic) bond motifs is 1. The molecule has 24 heavy (non-hydrogen) atoms. The van der Waals surface area contributed by atoms with E-state index >= 15 is 0 Å². The van der Waals surface area contributed by atoms with Gasteiger partial charge in [-0.3, -0.25) is 9.40 Å². The summed E-state index contributed by atoms with van der Waals surface area (Å²) in [5.41, 5.74) is 1.21. The summed E-state index contributed by atoms with van der Waals surface area (Å²) in [5, 5.41) is 7.43. The molecule has 0 bridgehead atoms. The molecular formula is C17H18FN3O2S. The van der Waals surface area contributed by atoms with Crippen molar-refractivity contribution >= 4 is 26.6 Å². The molecule has 5 nitrogen and oxygen atoms in total. The molecule has 2 aromatic carbocycles. The Hall–Kier alpha value is -2.41. The van der Waals surface area contributed by atoms with E-state index in [0.717, 1.165) is 10.9 Å². The molecule has 0 spiro atoms. The zero-order valence-corrected chi connectivity index (χ0v) is 14.2. The highest BCUT2D eigenvalue weighted by molar-refractivity contribution is 7.92. The number of benzene rings is 2. The average molecular weight is 347 g/mol. The minimum atomic E-state index is -3.76. The van der Waals surface area contributed by atoms with Crippen LogP contribution in [-0.4, -0.2) is 25.2 Å². The molecule has 3 aromatic rings. The van der Waals surface area contributed by atoms with Crippen molar-refractivity contribution in [2.75, 3.05) is 10.8 Å². The van der Waals surface area contributed by atoms with E-state index in [1.807, 2.05) is 13.8 Å². The van der Waals surface area contributed by atoms with Crippen LogP contribution in [0.3, 0.4) is 0 Å². The predicted octanol–water partition coefficient (Wildman–Crippen LogP) is 3.55. The highest BCUT2D eigenvalue weighted by Crippen LogP contribution is 2.27. The lowest BCUT2D eigenvalue weighted by Crippen LogP contribution is -2.34. The van der Waals surface area contributed by atoms with Crippen LogP contribution in [0.5, 0.6) is 0 Å². The van der Waals surface area contributed by atoms with Crippen LogP contribution in [0, 0.1) is 11.7 Å². The van der Waals surface area contributed by atoms with Crippen molar-refractivity contribution in [2.45, 2.75) is 18.7 Å². The third-order valence-corrected chi connectivity index (χ3v) is 5.44. The van der Waals surface area contributed by atoms with Gasteiger partial charge in [-0.15, -0.1) is 0 Å². The molecule has 0 saturated carbocycles. The molecule has 0 unspecified atom stereocenters. The van der Waals surface area contributed by atoms with Gasteiger partial charge < -0.3 is 0 Å². The number of rotatable bonds is 5. The fourth-order valence-corrected chi connectivity index (χ4v) is 4.15. The Morgan fingerprint density at radius 2 is 1.88 bits per heavy atom. The summed E-state index contributed by atoms with van der Waals surface area (Å²) in [6.07, 6.45) is 1.58. The van der Waals surface area contributed by atoms with Crippen molar-refractivity contribution in [2.24, 2.45) is 5.92 Å². The number of aromatic nitrogens is 2. The molecular weight excluding hydrogens is 329 g/mol. The lowest BCUT2D eigenvalue weighted by Gasteiger charge is -2.26. The van der Waals surface area contributed by atoms with Gasteiger partial charge in [0.15, 0.2) is 0 Å². The van der Waals surface area contributed by atoms with Gasteiger partial charge >= 0.3 is 0 Å². The second-order valence-electron chi connectivity index (χ2n) is 6.03. The van der Waals surface area contributed by atoms with Crippen LogP contribution >= 0.6 is 0 Å². The van der Waals surface area contributed by atoms with E-state index in [9.17, 15) is 12.8 Å². The summed E-state index contributed by atoms with van der Waals surface area (Å²) in [6, 6.07) is 10.3. The molecule has 0 aliphatic carbocycles. The minimum Gasteiger partial charge on any atom is -0.278 e. The summed E-state index contributed by atoms with van der Waals surface area (Å²) in [4.78, 5) is 0.182. The number of nitrogens with one attached hydrogen (secondary N) is 1. The SMILES string of the molecule is CC(C)CN(c1ccc(F)cc1)S(=O)(=O)c1ccc2[nH]ncc2c1. The van der Waals surface area contributed by atoms with Gasteiger partial charge in [-0.05, 0) is 48.4 Å². The van der Waals surface area contributed by atoms with Crippen molar-refractivity contribution in [3.63, 3.8) is 0 Å². The van der Waals surface area contributed by atoms with Crippen LogP contribution in [0.4, 0.5) is 10.1 Å². The third kappa shape index (κ3) is 3.12. The Morgan fingerprint density at radius 1 is 1.17 bits per heavy atom. The van der Waals surface area contributed by atoms with Crippen molar-refractivity contribution in [1.29, 1.82) is 0 Å². The zero-order chi connectivity index (χ0) is 17.3.